The molecule has 0 atom stereocenters. The van der Waals surface area contributed by atoms with Gasteiger partial charge in [-0.3, -0.25) is 0 Å². The number of nitriles is 1. The zero-order valence-corrected chi connectivity index (χ0v) is 9.80. The Balaban J connectivity index is 4.17. The third-order valence-corrected chi connectivity index (χ3v) is 2.44. The molecule has 0 bridgehead atoms. The first kappa shape index (κ1) is 17.9. The summed E-state index contributed by atoms with van der Waals surface area (Å²) in [5, 5.41) is 8.43. The third kappa shape index (κ3) is 2.88. The lowest BCUT2D eigenvalue weighted by Crippen LogP contribution is -2.25. The van der Waals surface area contributed by atoms with Crippen LogP contribution in [0.15, 0.2) is 0 Å². The number of nitrogens with zero attached hydrogens (tertiary/aromatic N) is 1. The number of rotatable bonds is 0. The Morgan fingerprint density at radius 2 is 1.09 bits per heavy atom. The van der Waals surface area contributed by atoms with E-state index in [1.807, 2.05) is 0 Å². The molecule has 0 unspecified atom stereocenters. The summed E-state index contributed by atoms with van der Waals surface area (Å²) in [4.78, 5) is 0. The normalized spacial score (nSPS) is 13.1. The molecule has 0 saturated heterocycles. The Labute approximate surface area is 114 Å². The summed E-state index contributed by atoms with van der Waals surface area (Å²) in [6.07, 6.45) is -17.9. The van der Waals surface area contributed by atoms with E-state index in [-0.39, 0.29) is 0 Å². The van der Waals surface area contributed by atoms with E-state index < -0.39 is 52.3 Å². The summed E-state index contributed by atoms with van der Waals surface area (Å²) < 4.78 is 127. The predicted octanol–water partition coefficient (Wildman–Crippen LogP) is 4.34. The molecule has 1 aromatic rings. The molecule has 2 nitrogen and oxygen atoms in total. The van der Waals surface area contributed by atoms with Crippen LogP contribution in [0, 0.1) is 17.1 Å². The van der Waals surface area contributed by atoms with Crippen LogP contribution in [0.5, 0.6) is 0 Å². The largest absolute Gasteiger partial charge is 0.420 e. The second kappa shape index (κ2) is 4.92. The van der Waals surface area contributed by atoms with Crippen LogP contribution in [0.1, 0.15) is 22.3 Å². The predicted molar refractivity (Wildman–Crippen MR) is 50.5 cm³/mol. The quantitative estimate of drug-likeness (QED) is 0.564. The minimum Gasteiger partial charge on any atom is -0.397 e. The number of anilines is 1. The van der Waals surface area contributed by atoms with Crippen molar-refractivity contribution in [3.8, 4) is 6.07 Å². The molecular weight excluding hydrogens is 338 g/mol. The standard InChI is InChI=1S/C10H2F10N2/c11-6-3(8(12,13)14)2(1-21)7(22)5(10(18,19)20)4(6)9(15,16)17/h22H2. The van der Waals surface area contributed by atoms with Crippen LogP contribution in [0.2, 0.25) is 0 Å². The van der Waals surface area contributed by atoms with Crippen molar-refractivity contribution < 1.29 is 43.9 Å². The van der Waals surface area contributed by atoms with Crippen molar-refractivity contribution in [1.82, 2.24) is 0 Å². The highest BCUT2D eigenvalue weighted by Gasteiger charge is 2.52. The molecule has 2 N–H and O–H groups in total. The van der Waals surface area contributed by atoms with Crippen molar-refractivity contribution in [2.45, 2.75) is 18.5 Å². The third-order valence-electron chi connectivity index (χ3n) is 2.44. The minimum atomic E-state index is -6.11. The van der Waals surface area contributed by atoms with Crippen molar-refractivity contribution >= 4 is 5.69 Å². The molecule has 0 aliphatic heterocycles. The highest BCUT2D eigenvalue weighted by molar-refractivity contribution is 5.68. The SMILES string of the molecule is N#Cc1c(N)c(C(F)(F)F)c(C(F)(F)F)c(F)c1C(F)(F)F. The van der Waals surface area contributed by atoms with Gasteiger partial charge < -0.3 is 5.73 Å². The monoisotopic (exact) mass is 340 g/mol. The van der Waals surface area contributed by atoms with Gasteiger partial charge >= 0.3 is 18.5 Å². The Kier molecular flexibility index (Phi) is 4.00. The molecule has 0 heterocycles. The fraction of sp³-hybridized carbons (Fsp3) is 0.300. The first-order chi connectivity index (χ1) is 9.64. The van der Waals surface area contributed by atoms with Crippen LogP contribution in [0.4, 0.5) is 49.6 Å². The van der Waals surface area contributed by atoms with Gasteiger partial charge in [-0.2, -0.15) is 44.8 Å². The Morgan fingerprint density at radius 3 is 1.36 bits per heavy atom. The molecule has 0 spiro atoms. The first-order valence-electron chi connectivity index (χ1n) is 4.90. The van der Waals surface area contributed by atoms with E-state index in [0.717, 1.165) is 0 Å². The Bertz CT molecular complexity index is 644. The molecule has 0 amide bonds. The number of halogens is 10. The summed E-state index contributed by atoms with van der Waals surface area (Å²) in [5.74, 6) is -3.25. The lowest BCUT2D eigenvalue weighted by Gasteiger charge is -2.22. The topological polar surface area (TPSA) is 49.8 Å². The number of benzene rings is 1. The van der Waals surface area contributed by atoms with Crippen LogP contribution in [-0.4, -0.2) is 0 Å². The van der Waals surface area contributed by atoms with Crippen molar-refractivity contribution in [3.63, 3.8) is 0 Å². The van der Waals surface area contributed by atoms with Gasteiger partial charge in [0.25, 0.3) is 0 Å². The Morgan fingerprint density at radius 1 is 0.727 bits per heavy atom. The second-order valence-corrected chi connectivity index (χ2v) is 3.83. The lowest BCUT2D eigenvalue weighted by atomic mass is 9.94. The first-order valence-corrected chi connectivity index (χ1v) is 4.90. The Hall–Kier alpha value is -2.19. The van der Waals surface area contributed by atoms with Gasteiger partial charge in [-0.25, -0.2) is 4.39 Å². The highest BCUT2D eigenvalue weighted by atomic mass is 19.4. The lowest BCUT2D eigenvalue weighted by molar-refractivity contribution is -0.166. The summed E-state index contributed by atoms with van der Waals surface area (Å²) in [5.41, 5.74) is -8.46. The molecule has 22 heavy (non-hydrogen) atoms. The molecule has 0 fully saturated rings. The fourth-order valence-corrected chi connectivity index (χ4v) is 1.68. The van der Waals surface area contributed by atoms with Crippen LogP contribution in [-0.2, 0) is 18.5 Å². The average Bonchev–Trinajstić information content (AvgIpc) is 2.25. The van der Waals surface area contributed by atoms with Gasteiger partial charge in [-0.05, 0) is 0 Å². The minimum absolute atomic E-state index is 0.550. The number of alkyl halides is 9. The van der Waals surface area contributed by atoms with Gasteiger partial charge in [0.1, 0.15) is 23.0 Å². The van der Waals surface area contributed by atoms with Crippen LogP contribution in [0.25, 0.3) is 0 Å². The van der Waals surface area contributed by atoms with Gasteiger partial charge in [0.05, 0.1) is 16.8 Å². The molecule has 0 aromatic heterocycles. The highest BCUT2D eigenvalue weighted by Crippen LogP contribution is 2.49. The van der Waals surface area contributed by atoms with Crippen molar-refractivity contribution in [1.29, 1.82) is 5.26 Å². The van der Waals surface area contributed by atoms with Gasteiger partial charge in [-0.15, -0.1) is 0 Å². The van der Waals surface area contributed by atoms with Crippen LogP contribution < -0.4 is 5.73 Å². The smallest absolute Gasteiger partial charge is 0.397 e. The molecule has 0 radical (unpaired) electrons. The maximum Gasteiger partial charge on any atom is 0.420 e. The zero-order chi connectivity index (χ0) is 17.7. The molecule has 12 heteroatoms. The number of nitrogen functional groups attached to an aromatic ring is 1. The summed E-state index contributed by atoms with van der Waals surface area (Å²) in [6, 6.07) is 0.550. The van der Waals surface area contributed by atoms with E-state index >= 15 is 0 Å². The molecule has 0 aliphatic rings. The van der Waals surface area contributed by atoms with Crippen LogP contribution in [0.3, 0.4) is 0 Å². The fourth-order valence-electron chi connectivity index (χ4n) is 1.68. The van der Waals surface area contributed by atoms with Crippen molar-refractivity contribution in [2.24, 2.45) is 0 Å². The molecule has 1 rings (SSSR count). The molecule has 122 valence electrons. The van der Waals surface area contributed by atoms with Crippen molar-refractivity contribution in [3.05, 3.63) is 28.1 Å². The maximum absolute atomic E-state index is 13.5. The van der Waals surface area contributed by atoms with Gasteiger partial charge in [0.2, 0.25) is 0 Å². The number of hydrogen-bond acceptors (Lipinski definition) is 2. The summed E-state index contributed by atoms with van der Waals surface area (Å²) in [6.45, 7) is 0. The van der Waals surface area contributed by atoms with Crippen LogP contribution >= 0.6 is 0 Å². The van der Waals surface area contributed by atoms with Crippen molar-refractivity contribution in [2.75, 3.05) is 5.73 Å². The maximum atomic E-state index is 13.5. The number of nitrogens with two attached hydrogens (primary N) is 1. The van der Waals surface area contributed by atoms with Gasteiger partial charge in [0.15, 0.2) is 0 Å². The second-order valence-electron chi connectivity index (χ2n) is 3.83. The average molecular weight is 340 g/mol. The van der Waals surface area contributed by atoms with E-state index in [0.29, 0.717) is 6.07 Å². The molecular formula is C10H2F10N2. The molecule has 0 aliphatic carbocycles. The van der Waals surface area contributed by atoms with E-state index in [1.165, 1.54) is 0 Å². The summed E-state index contributed by atoms with van der Waals surface area (Å²) >= 11 is 0. The van der Waals surface area contributed by atoms with Gasteiger partial charge in [-0.1, -0.05) is 0 Å². The van der Waals surface area contributed by atoms with E-state index in [9.17, 15) is 43.9 Å². The van der Waals surface area contributed by atoms with Gasteiger partial charge in [0, 0.05) is 0 Å². The van der Waals surface area contributed by atoms with E-state index in [4.69, 9.17) is 5.26 Å². The zero-order valence-electron chi connectivity index (χ0n) is 9.80. The summed E-state index contributed by atoms with van der Waals surface area (Å²) in [7, 11) is 0. The molecule has 0 saturated carbocycles. The van der Waals surface area contributed by atoms with E-state index in [1.54, 1.807) is 0 Å². The van der Waals surface area contributed by atoms with E-state index in [2.05, 4.69) is 5.73 Å². The number of hydrogen-bond donors (Lipinski definition) is 1. The molecule has 1 aromatic carbocycles.